The zero-order valence-corrected chi connectivity index (χ0v) is 26.5. The lowest BCUT2D eigenvalue weighted by molar-refractivity contribution is -0.143. The number of carbonyl (C=O) groups excluding carboxylic acids is 4. The third-order valence-corrected chi connectivity index (χ3v) is 11.4. The molecule has 4 aliphatic rings. The molecule has 2 aliphatic carbocycles. The highest BCUT2D eigenvalue weighted by molar-refractivity contribution is 6.58. The van der Waals surface area contributed by atoms with E-state index in [1.807, 2.05) is 0 Å². The lowest BCUT2D eigenvalue weighted by atomic mass is 9.56. The predicted octanol–water partition coefficient (Wildman–Crippen LogP) is 7.34. The maximum atomic E-state index is 14.3. The Labute approximate surface area is 287 Å². The lowest BCUT2D eigenvalue weighted by Crippen LogP contribution is -2.60. The second-order valence-corrected chi connectivity index (χ2v) is 13.9. The summed E-state index contributed by atoms with van der Waals surface area (Å²) in [5, 5.41) is 10.00. The Kier molecular flexibility index (Phi) is 7.51. The zero-order valence-electron chi connectivity index (χ0n) is 25.0. The number of benzene rings is 3. The molecule has 7 rings (SSSR count). The van der Waals surface area contributed by atoms with Crippen LogP contribution in [0.1, 0.15) is 35.4 Å². The van der Waals surface area contributed by atoms with Crippen molar-refractivity contribution in [3.05, 3.63) is 101 Å². The Balaban J connectivity index is 1.37. The van der Waals surface area contributed by atoms with Gasteiger partial charge in [-0.1, -0.05) is 23.8 Å². The van der Waals surface area contributed by atoms with E-state index >= 15 is 0 Å². The fraction of sp³-hybridized carbons (Fsp3) is 0.294. The van der Waals surface area contributed by atoms with Gasteiger partial charge in [0.1, 0.15) is 11.6 Å². The number of hydrogen-bond acceptors (Lipinski definition) is 5. The molecule has 260 valence electrons. The molecule has 50 heavy (non-hydrogen) atoms. The van der Waals surface area contributed by atoms with Crippen molar-refractivity contribution in [2.24, 2.45) is 17.8 Å². The van der Waals surface area contributed by atoms with Gasteiger partial charge in [-0.2, -0.15) is 26.3 Å². The summed E-state index contributed by atoms with van der Waals surface area (Å²) in [5.41, 5.74) is -3.92. The predicted molar refractivity (Wildman–Crippen MR) is 164 cm³/mol. The number of allylic oxidation sites excluding steroid dienone is 2. The van der Waals surface area contributed by atoms with Crippen molar-refractivity contribution < 1.29 is 55.0 Å². The monoisotopic (exact) mass is 740 g/mol. The molecule has 0 bridgehead atoms. The number of nitrogens with zero attached hydrogens (tertiary/aromatic N) is 2. The summed E-state index contributed by atoms with van der Waals surface area (Å²) in [6, 6.07) is 10.1. The Morgan fingerprint density at radius 3 is 1.86 bits per heavy atom. The second-order valence-electron chi connectivity index (χ2n) is 12.6. The maximum Gasteiger partial charge on any atom is 0.416 e. The molecule has 1 saturated carbocycles. The van der Waals surface area contributed by atoms with Crippen molar-refractivity contribution in [1.29, 1.82) is 0 Å². The van der Waals surface area contributed by atoms with Crippen LogP contribution in [0, 0.1) is 23.6 Å². The van der Waals surface area contributed by atoms with E-state index in [9.17, 15) is 55.0 Å². The number of aromatic hydroxyl groups is 1. The van der Waals surface area contributed by atoms with E-state index in [2.05, 4.69) is 0 Å². The standard InChI is InChI=1S/C34H21Cl2F7N2O5/c35-31-14-24-22(9-10-23-25(24)28(48)44(27(23)47)20-12-16(33(38,39)40)11-17(13-20)34(41,42)43)26(15-1-7-21(46)8-2-15)32(31,36)30(50)45(29(31)49)19-5-3-18(37)4-6-19/h1-9,11-13,23-26,46H,10,14H2. The van der Waals surface area contributed by atoms with Gasteiger partial charge in [0.15, 0.2) is 9.75 Å². The lowest BCUT2D eigenvalue weighted by Gasteiger charge is -2.50. The minimum Gasteiger partial charge on any atom is -0.508 e. The third-order valence-electron chi connectivity index (χ3n) is 9.95. The number of rotatable bonds is 3. The molecule has 2 saturated heterocycles. The zero-order chi connectivity index (χ0) is 36.3. The van der Waals surface area contributed by atoms with Gasteiger partial charge in [0, 0.05) is 5.92 Å². The van der Waals surface area contributed by atoms with Crippen molar-refractivity contribution in [2.75, 3.05) is 9.80 Å². The van der Waals surface area contributed by atoms with Gasteiger partial charge in [-0.25, -0.2) is 14.2 Å². The van der Waals surface area contributed by atoms with E-state index in [4.69, 9.17) is 23.2 Å². The first kappa shape index (κ1) is 34.0. The SMILES string of the molecule is O=C1C2CC=C3C(CC4(Cl)C(=O)N(c5ccc(F)cc5)C(=O)C4(Cl)C3c3ccc(O)cc3)C2C(=O)N1c1cc(C(F)(F)F)cc(C(F)(F)F)c1. The number of fused-ring (bicyclic) bond motifs is 4. The molecule has 3 aromatic carbocycles. The van der Waals surface area contributed by atoms with Crippen LogP contribution in [0.15, 0.2) is 78.4 Å². The normalized spacial score (nSPS) is 29.6. The van der Waals surface area contributed by atoms with Gasteiger partial charge in [0.25, 0.3) is 11.8 Å². The van der Waals surface area contributed by atoms with E-state index < -0.39 is 98.5 Å². The summed E-state index contributed by atoms with van der Waals surface area (Å²) < 4.78 is 96.1. The van der Waals surface area contributed by atoms with Gasteiger partial charge >= 0.3 is 12.4 Å². The molecule has 4 amide bonds. The van der Waals surface area contributed by atoms with Crippen LogP contribution in [0.3, 0.4) is 0 Å². The Hall–Kier alpha value is -4.43. The fourth-order valence-electron chi connectivity index (χ4n) is 7.76. The van der Waals surface area contributed by atoms with Crippen LogP contribution in [-0.2, 0) is 31.5 Å². The largest absolute Gasteiger partial charge is 0.508 e. The molecule has 16 heteroatoms. The van der Waals surface area contributed by atoms with E-state index in [0.29, 0.717) is 9.80 Å². The number of carbonyl (C=O) groups is 4. The topological polar surface area (TPSA) is 95.0 Å². The highest BCUT2D eigenvalue weighted by Crippen LogP contribution is 2.66. The van der Waals surface area contributed by atoms with Crippen molar-refractivity contribution >= 4 is 58.2 Å². The minimum atomic E-state index is -5.26. The summed E-state index contributed by atoms with van der Waals surface area (Å²) in [6.45, 7) is 0. The molecule has 0 radical (unpaired) electrons. The van der Waals surface area contributed by atoms with Crippen molar-refractivity contribution in [3.8, 4) is 5.75 Å². The van der Waals surface area contributed by atoms with Gasteiger partial charge in [0.05, 0.1) is 34.3 Å². The molecule has 1 N–H and O–H groups in total. The van der Waals surface area contributed by atoms with Crippen molar-refractivity contribution in [2.45, 2.75) is 40.9 Å². The molecular weight excluding hydrogens is 720 g/mol. The van der Waals surface area contributed by atoms with Crippen LogP contribution in [-0.4, -0.2) is 38.5 Å². The van der Waals surface area contributed by atoms with E-state index in [-0.39, 0.29) is 47.2 Å². The summed E-state index contributed by atoms with van der Waals surface area (Å²) in [6.07, 6.45) is -9.76. The number of imide groups is 2. The van der Waals surface area contributed by atoms with Crippen LogP contribution < -0.4 is 9.80 Å². The van der Waals surface area contributed by atoms with Crippen LogP contribution >= 0.6 is 23.2 Å². The van der Waals surface area contributed by atoms with Crippen molar-refractivity contribution in [1.82, 2.24) is 0 Å². The summed E-state index contributed by atoms with van der Waals surface area (Å²) in [7, 11) is 0. The van der Waals surface area contributed by atoms with Gasteiger partial charge in [-0.05, 0) is 78.9 Å². The molecular formula is C34H21Cl2F7N2O5. The summed E-state index contributed by atoms with van der Waals surface area (Å²) in [4.78, 5) is 52.8. The van der Waals surface area contributed by atoms with Crippen LogP contribution in [0.5, 0.6) is 5.75 Å². The first-order valence-electron chi connectivity index (χ1n) is 15.0. The molecule has 3 fully saturated rings. The first-order chi connectivity index (χ1) is 23.3. The molecule has 3 aromatic rings. The number of hydrogen-bond donors (Lipinski definition) is 1. The fourth-order valence-corrected chi connectivity index (χ4v) is 8.70. The molecule has 0 spiro atoms. The number of alkyl halides is 8. The van der Waals surface area contributed by atoms with Gasteiger partial charge in [0.2, 0.25) is 11.8 Å². The maximum absolute atomic E-state index is 14.3. The molecule has 0 aromatic heterocycles. The third kappa shape index (κ3) is 4.78. The highest BCUT2D eigenvalue weighted by atomic mass is 35.5. The van der Waals surface area contributed by atoms with Crippen LogP contribution in [0.4, 0.5) is 42.1 Å². The average molecular weight is 741 g/mol. The number of phenolic OH excluding ortho intramolecular Hbond substituents is 1. The highest BCUT2D eigenvalue weighted by Gasteiger charge is 2.76. The number of halogens is 9. The second kappa shape index (κ2) is 11.0. The smallest absolute Gasteiger partial charge is 0.416 e. The Morgan fingerprint density at radius 1 is 0.720 bits per heavy atom. The Bertz CT molecular complexity index is 1990. The van der Waals surface area contributed by atoms with E-state index in [0.717, 1.165) is 24.3 Å². The van der Waals surface area contributed by atoms with Crippen molar-refractivity contribution in [3.63, 3.8) is 0 Å². The van der Waals surface area contributed by atoms with Crippen LogP contribution in [0.2, 0.25) is 0 Å². The quantitative estimate of drug-likeness (QED) is 0.131. The first-order valence-corrected chi connectivity index (χ1v) is 15.7. The summed E-state index contributed by atoms with van der Waals surface area (Å²) >= 11 is 14.4. The number of anilines is 2. The molecule has 6 atom stereocenters. The Morgan fingerprint density at radius 2 is 1.30 bits per heavy atom. The van der Waals surface area contributed by atoms with Gasteiger partial charge < -0.3 is 5.11 Å². The summed E-state index contributed by atoms with van der Waals surface area (Å²) in [5.74, 6) is -10.2. The average Bonchev–Trinajstić information content (AvgIpc) is 3.39. The number of phenols is 1. The molecule has 6 unspecified atom stereocenters. The van der Waals surface area contributed by atoms with Gasteiger partial charge in [-0.15, -0.1) is 23.2 Å². The number of amides is 4. The molecule has 2 heterocycles. The minimum absolute atomic E-state index is 0.0709. The van der Waals surface area contributed by atoms with E-state index in [1.165, 1.54) is 30.3 Å². The van der Waals surface area contributed by atoms with Crippen LogP contribution in [0.25, 0.3) is 0 Å². The van der Waals surface area contributed by atoms with Gasteiger partial charge in [-0.3, -0.25) is 19.2 Å². The molecule has 2 aliphatic heterocycles. The molecule has 7 nitrogen and oxygen atoms in total. The van der Waals surface area contributed by atoms with E-state index in [1.54, 1.807) is 0 Å².